The van der Waals surface area contributed by atoms with Crippen LogP contribution in [0.25, 0.3) is 0 Å². The van der Waals surface area contributed by atoms with Gasteiger partial charge in [0.15, 0.2) is 0 Å². The summed E-state index contributed by atoms with van der Waals surface area (Å²) in [4.78, 5) is 24.4. The number of carbonyl (C=O) groups is 2. The number of benzene rings is 1. The van der Waals surface area contributed by atoms with E-state index < -0.39 is 35.4 Å². The third-order valence-electron chi connectivity index (χ3n) is 4.33. The van der Waals surface area contributed by atoms with Crippen molar-refractivity contribution in [1.82, 2.24) is 0 Å². The molecule has 0 radical (unpaired) electrons. The van der Waals surface area contributed by atoms with Gasteiger partial charge in [0.2, 0.25) is 0 Å². The molecule has 0 spiro atoms. The highest BCUT2D eigenvalue weighted by Crippen LogP contribution is 2.43. The second-order valence-corrected chi connectivity index (χ2v) is 6.34. The molecule has 0 fully saturated rings. The summed E-state index contributed by atoms with van der Waals surface area (Å²) in [5, 5.41) is 0. The van der Waals surface area contributed by atoms with Gasteiger partial charge in [0.05, 0.1) is 13.5 Å². The highest BCUT2D eigenvalue weighted by Gasteiger charge is 2.64. The van der Waals surface area contributed by atoms with E-state index in [1.807, 2.05) is 0 Å². The fourth-order valence-electron chi connectivity index (χ4n) is 2.77. The molecular formula is C21H25F3O5. The van der Waals surface area contributed by atoms with Gasteiger partial charge in [0.1, 0.15) is 6.10 Å². The minimum Gasteiger partial charge on any atom is -0.469 e. The van der Waals surface area contributed by atoms with Gasteiger partial charge < -0.3 is 14.2 Å². The molecule has 0 saturated carbocycles. The largest absolute Gasteiger partial charge is 0.469 e. The lowest BCUT2D eigenvalue weighted by atomic mass is 9.92. The van der Waals surface area contributed by atoms with E-state index in [2.05, 4.69) is 11.3 Å². The van der Waals surface area contributed by atoms with Crippen molar-refractivity contribution in [2.45, 2.75) is 44.1 Å². The summed E-state index contributed by atoms with van der Waals surface area (Å²) in [6.45, 7) is 5.35. The second kappa shape index (κ2) is 10.8. The zero-order valence-electron chi connectivity index (χ0n) is 16.6. The molecule has 0 aliphatic carbocycles. The van der Waals surface area contributed by atoms with Crippen LogP contribution in [0.15, 0.2) is 54.6 Å². The van der Waals surface area contributed by atoms with E-state index in [-0.39, 0.29) is 12.8 Å². The van der Waals surface area contributed by atoms with Gasteiger partial charge >= 0.3 is 18.1 Å². The molecule has 0 saturated heterocycles. The molecule has 0 unspecified atom stereocenters. The van der Waals surface area contributed by atoms with Gasteiger partial charge in [0, 0.05) is 12.7 Å². The van der Waals surface area contributed by atoms with Crippen molar-refractivity contribution in [3.05, 3.63) is 60.2 Å². The number of alkyl halides is 3. The van der Waals surface area contributed by atoms with E-state index in [9.17, 15) is 22.8 Å². The Kier molecular flexibility index (Phi) is 9.10. The smallest absolute Gasteiger partial charge is 0.432 e. The van der Waals surface area contributed by atoms with Crippen molar-refractivity contribution < 1.29 is 37.0 Å². The Bertz CT molecular complexity index is 728. The molecule has 5 nitrogen and oxygen atoms in total. The maximum absolute atomic E-state index is 14.0. The van der Waals surface area contributed by atoms with E-state index in [4.69, 9.17) is 9.47 Å². The summed E-state index contributed by atoms with van der Waals surface area (Å²) in [7, 11) is 1.93. The minimum atomic E-state index is -5.09. The Morgan fingerprint density at radius 2 is 1.79 bits per heavy atom. The summed E-state index contributed by atoms with van der Waals surface area (Å²) in [6.07, 6.45) is -2.79. The predicted octanol–water partition coefficient (Wildman–Crippen LogP) is 4.48. The number of hydrogen-bond acceptors (Lipinski definition) is 5. The van der Waals surface area contributed by atoms with Crippen molar-refractivity contribution >= 4 is 11.9 Å². The maximum Gasteiger partial charge on any atom is 0.432 e. The molecular weight excluding hydrogens is 389 g/mol. The van der Waals surface area contributed by atoms with E-state index in [0.717, 1.165) is 31.9 Å². The first-order valence-electron chi connectivity index (χ1n) is 8.85. The fourth-order valence-corrected chi connectivity index (χ4v) is 2.77. The number of rotatable bonds is 10. The van der Waals surface area contributed by atoms with Crippen molar-refractivity contribution in [2.24, 2.45) is 0 Å². The van der Waals surface area contributed by atoms with Gasteiger partial charge in [-0.05, 0) is 19.8 Å². The Hall–Kier alpha value is -2.61. The van der Waals surface area contributed by atoms with Crippen LogP contribution in [-0.4, -0.2) is 38.4 Å². The number of hydrogen-bond donors (Lipinski definition) is 0. The first-order valence-corrected chi connectivity index (χ1v) is 8.85. The Morgan fingerprint density at radius 1 is 1.17 bits per heavy atom. The molecule has 1 rings (SSSR count). The molecule has 0 aliphatic rings. The Labute approximate surface area is 168 Å². The molecule has 0 bridgehead atoms. The number of methoxy groups -OCH3 is 2. The van der Waals surface area contributed by atoms with Gasteiger partial charge in [-0.2, -0.15) is 13.2 Å². The van der Waals surface area contributed by atoms with Crippen molar-refractivity contribution in [2.75, 3.05) is 14.2 Å². The number of ether oxygens (including phenoxy) is 3. The standard InChI is InChI=1S/C21H25F3O5/c1-5-9-15(2)12-13-17(14-18(25)27-3)29-19(26)20(28-4,21(22,23)24)16-10-7-6-8-11-16/h5-11,17H,1,12-14H2,2-4H3/b15-9+/t17-,20+/m0/s1. The van der Waals surface area contributed by atoms with Crippen LogP contribution in [0.4, 0.5) is 13.2 Å². The summed E-state index contributed by atoms with van der Waals surface area (Å²) >= 11 is 0. The van der Waals surface area contributed by atoms with Gasteiger partial charge in [-0.1, -0.05) is 54.6 Å². The topological polar surface area (TPSA) is 61.8 Å². The predicted molar refractivity (Wildman–Crippen MR) is 101 cm³/mol. The maximum atomic E-state index is 14.0. The average molecular weight is 414 g/mol. The summed E-state index contributed by atoms with van der Waals surface area (Å²) in [5.74, 6) is -2.35. The van der Waals surface area contributed by atoms with Crippen molar-refractivity contribution in [1.29, 1.82) is 0 Å². The van der Waals surface area contributed by atoms with Gasteiger partial charge in [-0.3, -0.25) is 4.79 Å². The van der Waals surface area contributed by atoms with Crippen LogP contribution in [0.5, 0.6) is 0 Å². The Morgan fingerprint density at radius 3 is 2.28 bits per heavy atom. The molecule has 0 aromatic heterocycles. The van der Waals surface area contributed by atoms with Crippen LogP contribution in [0, 0.1) is 0 Å². The van der Waals surface area contributed by atoms with Crippen LogP contribution in [0.1, 0.15) is 31.7 Å². The molecule has 8 heteroatoms. The van der Waals surface area contributed by atoms with Crippen molar-refractivity contribution in [3.63, 3.8) is 0 Å². The van der Waals surface area contributed by atoms with Crippen LogP contribution >= 0.6 is 0 Å². The average Bonchev–Trinajstić information content (AvgIpc) is 2.67. The van der Waals surface area contributed by atoms with E-state index >= 15 is 0 Å². The summed E-state index contributed by atoms with van der Waals surface area (Å²) in [5.41, 5.74) is -2.86. The fraction of sp³-hybridized carbons (Fsp3) is 0.429. The minimum absolute atomic E-state index is 0.128. The molecule has 1 aromatic carbocycles. The lowest BCUT2D eigenvalue weighted by Gasteiger charge is -2.33. The molecule has 29 heavy (non-hydrogen) atoms. The van der Waals surface area contributed by atoms with Crippen LogP contribution in [0.2, 0.25) is 0 Å². The molecule has 0 amide bonds. The van der Waals surface area contributed by atoms with E-state index in [1.54, 1.807) is 19.1 Å². The molecule has 160 valence electrons. The monoisotopic (exact) mass is 414 g/mol. The molecule has 0 heterocycles. The number of allylic oxidation sites excluding steroid dienone is 3. The van der Waals surface area contributed by atoms with Gasteiger partial charge in [-0.25, -0.2) is 4.79 Å². The third kappa shape index (κ3) is 6.19. The quantitative estimate of drug-likeness (QED) is 0.417. The molecule has 0 N–H and O–H groups in total. The summed E-state index contributed by atoms with van der Waals surface area (Å²) in [6, 6.07) is 6.49. The first kappa shape index (κ1) is 24.4. The summed E-state index contributed by atoms with van der Waals surface area (Å²) < 4.78 is 56.3. The number of esters is 2. The van der Waals surface area contributed by atoms with Crippen LogP contribution < -0.4 is 0 Å². The number of halogens is 3. The van der Waals surface area contributed by atoms with Gasteiger partial charge in [0.25, 0.3) is 5.60 Å². The second-order valence-electron chi connectivity index (χ2n) is 6.34. The zero-order valence-corrected chi connectivity index (χ0v) is 16.6. The van der Waals surface area contributed by atoms with Crippen LogP contribution in [-0.2, 0) is 29.4 Å². The lowest BCUT2D eigenvalue weighted by Crippen LogP contribution is -2.52. The first-order chi connectivity index (χ1) is 13.6. The number of carbonyl (C=O) groups excluding carboxylic acids is 2. The zero-order chi connectivity index (χ0) is 22.1. The third-order valence-corrected chi connectivity index (χ3v) is 4.33. The van der Waals surface area contributed by atoms with E-state index in [0.29, 0.717) is 6.42 Å². The molecule has 0 aliphatic heterocycles. The van der Waals surface area contributed by atoms with Crippen LogP contribution in [0.3, 0.4) is 0 Å². The van der Waals surface area contributed by atoms with Gasteiger partial charge in [-0.15, -0.1) is 0 Å². The highest BCUT2D eigenvalue weighted by molar-refractivity contribution is 5.83. The van der Waals surface area contributed by atoms with Crippen molar-refractivity contribution in [3.8, 4) is 0 Å². The highest BCUT2D eigenvalue weighted by atomic mass is 19.4. The SMILES string of the molecule is C=C/C=C(\C)CC[C@@H](CC(=O)OC)OC(=O)[C@](OC)(c1ccccc1)C(F)(F)F. The molecule has 2 atom stereocenters. The normalized spacial score (nSPS) is 15.2. The molecule has 1 aromatic rings. The lowest BCUT2D eigenvalue weighted by molar-refractivity contribution is -0.278. The van der Waals surface area contributed by atoms with E-state index in [1.165, 1.54) is 18.2 Å². The Balaban J connectivity index is 3.22.